The number of nitrogens with one attached hydrogen (secondary N) is 1. The zero-order valence-electron chi connectivity index (χ0n) is 16.2. The van der Waals surface area contributed by atoms with Gasteiger partial charge in [0.15, 0.2) is 0 Å². The van der Waals surface area contributed by atoms with Crippen LogP contribution in [0.5, 0.6) is 0 Å². The van der Waals surface area contributed by atoms with Crippen LogP contribution in [0, 0.1) is 20.8 Å². The van der Waals surface area contributed by atoms with Crippen molar-refractivity contribution in [3.05, 3.63) is 68.5 Å². The van der Waals surface area contributed by atoms with E-state index in [1.54, 1.807) is 33.0 Å². The Hall–Kier alpha value is -3.42. The largest absolute Gasteiger partial charge is 0.461 e. The minimum absolute atomic E-state index is 0.156. The molecular weight excluding hydrogens is 362 g/mol. The maximum absolute atomic E-state index is 12.5. The average Bonchev–Trinajstić information content (AvgIpc) is 2.95. The first-order chi connectivity index (χ1) is 13.3. The van der Waals surface area contributed by atoms with Gasteiger partial charge < -0.3 is 14.5 Å². The van der Waals surface area contributed by atoms with Gasteiger partial charge in [-0.15, -0.1) is 0 Å². The number of hydrogen-bond acceptors (Lipinski definition) is 6. The summed E-state index contributed by atoms with van der Waals surface area (Å²) in [6.45, 7) is 6.99. The minimum Gasteiger partial charge on any atom is -0.461 e. The monoisotopic (exact) mass is 383 g/mol. The molecule has 8 heteroatoms. The van der Waals surface area contributed by atoms with Crippen LogP contribution in [0.4, 0.5) is 0 Å². The van der Waals surface area contributed by atoms with E-state index in [2.05, 4.69) is 9.97 Å². The number of carbonyl (C=O) groups excluding carboxylic acids is 2. The molecule has 0 radical (unpaired) electrons. The van der Waals surface area contributed by atoms with Gasteiger partial charge in [-0.25, -0.2) is 14.6 Å². The van der Waals surface area contributed by atoms with Crippen molar-refractivity contribution in [1.29, 1.82) is 0 Å². The molecule has 3 rings (SSSR count). The summed E-state index contributed by atoms with van der Waals surface area (Å²) in [6.07, 6.45) is 1.70. The van der Waals surface area contributed by atoms with Gasteiger partial charge in [-0.05, 0) is 44.9 Å². The number of pyridine rings is 1. The second-order valence-corrected chi connectivity index (χ2v) is 6.44. The van der Waals surface area contributed by atoms with E-state index in [0.717, 1.165) is 5.56 Å². The highest BCUT2D eigenvalue weighted by molar-refractivity contribution is 5.98. The van der Waals surface area contributed by atoms with E-state index in [4.69, 9.17) is 9.47 Å². The van der Waals surface area contributed by atoms with E-state index in [9.17, 15) is 14.4 Å². The molecule has 146 valence electrons. The van der Waals surface area contributed by atoms with Gasteiger partial charge in [0, 0.05) is 18.0 Å². The molecule has 0 saturated carbocycles. The van der Waals surface area contributed by atoms with Crippen LogP contribution in [0.2, 0.25) is 0 Å². The molecular formula is C20H21N3O5. The number of hydrogen-bond donors (Lipinski definition) is 1. The number of ether oxygens (including phenoxy) is 2. The maximum atomic E-state index is 12.5. The Labute approximate surface area is 161 Å². The Morgan fingerprint density at radius 3 is 2.61 bits per heavy atom. The molecule has 3 aromatic rings. The molecule has 0 saturated heterocycles. The Balaban J connectivity index is 1.81. The van der Waals surface area contributed by atoms with E-state index >= 15 is 0 Å². The Bertz CT molecular complexity index is 1130. The Morgan fingerprint density at radius 2 is 1.89 bits per heavy atom. The second-order valence-electron chi connectivity index (χ2n) is 6.44. The van der Waals surface area contributed by atoms with Crippen molar-refractivity contribution in [2.45, 2.75) is 34.3 Å². The molecule has 0 spiro atoms. The van der Waals surface area contributed by atoms with Crippen LogP contribution in [-0.2, 0) is 16.1 Å². The number of aromatic nitrogens is 3. The number of fused-ring (bicyclic) bond motifs is 1. The number of aromatic amines is 1. The number of esters is 2. The van der Waals surface area contributed by atoms with Crippen molar-refractivity contribution in [1.82, 2.24) is 14.4 Å². The molecule has 3 aromatic heterocycles. The molecule has 0 aliphatic carbocycles. The third kappa shape index (κ3) is 3.66. The lowest BCUT2D eigenvalue weighted by Crippen LogP contribution is -2.17. The molecule has 0 aliphatic rings. The van der Waals surface area contributed by atoms with Gasteiger partial charge in [0.2, 0.25) is 0 Å². The smallest absolute Gasteiger partial charge is 0.355 e. The number of rotatable bonds is 5. The van der Waals surface area contributed by atoms with Crippen molar-refractivity contribution >= 4 is 17.6 Å². The normalized spacial score (nSPS) is 10.9. The summed E-state index contributed by atoms with van der Waals surface area (Å²) < 4.78 is 11.8. The number of H-pyrrole nitrogens is 1. The van der Waals surface area contributed by atoms with Crippen molar-refractivity contribution < 1.29 is 19.1 Å². The molecule has 0 aromatic carbocycles. The molecule has 0 aliphatic heterocycles. The first-order valence-corrected chi connectivity index (χ1v) is 8.84. The second kappa shape index (κ2) is 7.67. The van der Waals surface area contributed by atoms with Gasteiger partial charge in [0.25, 0.3) is 5.56 Å². The fourth-order valence-corrected chi connectivity index (χ4v) is 3.01. The van der Waals surface area contributed by atoms with Crippen molar-refractivity contribution in [3.8, 4) is 0 Å². The van der Waals surface area contributed by atoms with E-state index in [1.165, 1.54) is 10.5 Å². The SMILES string of the molecule is CCOC(=O)c1[nH]c(C)c(C(=O)OCc2cc(=O)n3cc(C)ccc3n2)c1C. The fourth-order valence-electron chi connectivity index (χ4n) is 3.01. The standard InChI is InChI=1S/C20H21N3O5/c1-5-27-20(26)18-12(3)17(13(4)21-18)19(25)28-10-14-8-16(24)23-9-11(2)6-7-15(23)22-14/h6-9,21H,5,10H2,1-4H3. The van der Waals surface area contributed by atoms with Gasteiger partial charge in [-0.3, -0.25) is 9.20 Å². The van der Waals surface area contributed by atoms with E-state index in [1.807, 2.05) is 13.0 Å². The summed E-state index contributed by atoms with van der Waals surface area (Å²) in [6, 6.07) is 4.91. The first kappa shape index (κ1) is 19.3. The quantitative estimate of drug-likeness (QED) is 0.679. The van der Waals surface area contributed by atoms with E-state index < -0.39 is 11.9 Å². The van der Waals surface area contributed by atoms with Gasteiger partial charge >= 0.3 is 11.9 Å². The molecule has 0 fully saturated rings. The predicted octanol–water partition coefficient (Wildman–Crippen LogP) is 2.48. The summed E-state index contributed by atoms with van der Waals surface area (Å²) in [5.74, 6) is -1.13. The summed E-state index contributed by atoms with van der Waals surface area (Å²) >= 11 is 0. The maximum Gasteiger partial charge on any atom is 0.355 e. The average molecular weight is 383 g/mol. The van der Waals surface area contributed by atoms with Gasteiger partial charge in [-0.2, -0.15) is 0 Å². The molecule has 3 heterocycles. The van der Waals surface area contributed by atoms with Crippen molar-refractivity contribution in [2.75, 3.05) is 6.61 Å². The Kier molecular flexibility index (Phi) is 5.30. The van der Waals surface area contributed by atoms with Crippen LogP contribution >= 0.6 is 0 Å². The van der Waals surface area contributed by atoms with E-state index in [0.29, 0.717) is 22.6 Å². The number of aryl methyl sites for hydroxylation is 2. The first-order valence-electron chi connectivity index (χ1n) is 8.84. The zero-order chi connectivity index (χ0) is 20.4. The van der Waals surface area contributed by atoms with Crippen LogP contribution in [0.25, 0.3) is 5.65 Å². The van der Waals surface area contributed by atoms with Crippen LogP contribution in [-0.4, -0.2) is 32.9 Å². The summed E-state index contributed by atoms with van der Waals surface area (Å²) in [5, 5.41) is 0. The summed E-state index contributed by atoms with van der Waals surface area (Å²) in [4.78, 5) is 44.0. The van der Waals surface area contributed by atoms with Crippen molar-refractivity contribution in [3.63, 3.8) is 0 Å². The molecule has 0 amide bonds. The third-order valence-electron chi connectivity index (χ3n) is 4.33. The molecule has 28 heavy (non-hydrogen) atoms. The van der Waals surface area contributed by atoms with Crippen LogP contribution in [0.1, 0.15) is 50.3 Å². The molecule has 8 nitrogen and oxygen atoms in total. The highest BCUT2D eigenvalue weighted by Gasteiger charge is 2.24. The van der Waals surface area contributed by atoms with Crippen molar-refractivity contribution in [2.24, 2.45) is 0 Å². The van der Waals surface area contributed by atoms with Crippen LogP contribution in [0.3, 0.4) is 0 Å². The lowest BCUT2D eigenvalue weighted by Gasteiger charge is -2.07. The van der Waals surface area contributed by atoms with Crippen LogP contribution in [0.15, 0.2) is 29.2 Å². The predicted molar refractivity (Wildman–Crippen MR) is 102 cm³/mol. The molecule has 0 bridgehead atoms. The van der Waals surface area contributed by atoms with Gasteiger partial charge in [0.05, 0.1) is 17.9 Å². The number of carbonyl (C=O) groups is 2. The third-order valence-corrected chi connectivity index (χ3v) is 4.33. The van der Waals surface area contributed by atoms with Gasteiger partial charge in [0.1, 0.15) is 17.9 Å². The van der Waals surface area contributed by atoms with E-state index in [-0.39, 0.29) is 30.0 Å². The minimum atomic E-state index is -0.604. The lowest BCUT2D eigenvalue weighted by molar-refractivity contribution is 0.0466. The molecule has 1 N–H and O–H groups in total. The fraction of sp³-hybridized carbons (Fsp3) is 0.300. The Morgan fingerprint density at radius 1 is 1.14 bits per heavy atom. The highest BCUT2D eigenvalue weighted by Crippen LogP contribution is 2.20. The summed E-state index contributed by atoms with van der Waals surface area (Å²) in [5.41, 5.74) is 2.97. The summed E-state index contributed by atoms with van der Waals surface area (Å²) in [7, 11) is 0. The number of nitrogens with zero attached hydrogens (tertiary/aromatic N) is 2. The molecule has 0 unspecified atom stereocenters. The molecule has 0 atom stereocenters. The highest BCUT2D eigenvalue weighted by atomic mass is 16.5. The van der Waals surface area contributed by atoms with Crippen LogP contribution < -0.4 is 5.56 Å². The van der Waals surface area contributed by atoms with Gasteiger partial charge in [-0.1, -0.05) is 6.07 Å². The zero-order valence-corrected chi connectivity index (χ0v) is 16.2. The topological polar surface area (TPSA) is 103 Å². The lowest BCUT2D eigenvalue weighted by atomic mass is 10.1.